The lowest BCUT2D eigenvalue weighted by Gasteiger charge is -2.48. The molecule has 1 N–H and O–H groups in total. The van der Waals surface area contributed by atoms with Gasteiger partial charge in [0.1, 0.15) is 0 Å². The van der Waals surface area contributed by atoms with Crippen LogP contribution in [0.1, 0.15) is 44.6 Å². The molecule has 2 heteroatoms. The summed E-state index contributed by atoms with van der Waals surface area (Å²) in [4.78, 5) is 0. The van der Waals surface area contributed by atoms with Gasteiger partial charge < -0.3 is 5.32 Å². The van der Waals surface area contributed by atoms with Crippen LogP contribution in [0.15, 0.2) is 24.3 Å². The summed E-state index contributed by atoms with van der Waals surface area (Å²) in [6.45, 7) is 3.44. The van der Waals surface area contributed by atoms with Gasteiger partial charge in [-0.3, -0.25) is 0 Å². The largest absolute Gasteiger partial charge is 0.313 e. The van der Waals surface area contributed by atoms with Crippen LogP contribution in [0.3, 0.4) is 0 Å². The Morgan fingerprint density at radius 2 is 2.11 bits per heavy atom. The maximum atomic E-state index is 6.16. The van der Waals surface area contributed by atoms with Crippen LogP contribution in [0, 0.1) is 5.92 Å². The number of nitrogens with one attached hydrogen (secondary N) is 1. The molecule has 0 bridgehead atoms. The molecule has 18 heavy (non-hydrogen) atoms. The maximum absolute atomic E-state index is 6.16. The normalized spacial score (nSPS) is 31.1. The van der Waals surface area contributed by atoms with E-state index in [2.05, 4.69) is 30.4 Å². The topological polar surface area (TPSA) is 12.0 Å². The van der Waals surface area contributed by atoms with E-state index in [9.17, 15) is 0 Å². The molecule has 2 aliphatic rings. The van der Waals surface area contributed by atoms with Crippen LogP contribution in [0.5, 0.6) is 0 Å². The number of hydrogen-bond acceptors (Lipinski definition) is 1. The minimum atomic E-state index is 0.355. The van der Waals surface area contributed by atoms with Crippen molar-refractivity contribution in [2.75, 3.05) is 6.54 Å². The first-order valence-electron chi connectivity index (χ1n) is 7.21. The van der Waals surface area contributed by atoms with Gasteiger partial charge in [-0.2, -0.15) is 0 Å². The molecule has 2 aliphatic carbocycles. The summed E-state index contributed by atoms with van der Waals surface area (Å²) >= 11 is 6.16. The Morgan fingerprint density at radius 1 is 1.33 bits per heavy atom. The summed E-state index contributed by atoms with van der Waals surface area (Å²) in [5, 5.41) is 4.59. The number of rotatable bonds is 5. The van der Waals surface area contributed by atoms with Gasteiger partial charge in [-0.1, -0.05) is 37.1 Å². The molecule has 0 saturated heterocycles. The lowest BCUT2D eigenvalue weighted by Crippen LogP contribution is -2.49. The molecule has 0 heterocycles. The molecule has 0 amide bonds. The summed E-state index contributed by atoms with van der Waals surface area (Å²) in [5.74, 6) is 0.907. The zero-order valence-electron chi connectivity index (χ0n) is 11.1. The summed E-state index contributed by atoms with van der Waals surface area (Å²) < 4.78 is 0. The Labute approximate surface area is 115 Å². The van der Waals surface area contributed by atoms with E-state index in [4.69, 9.17) is 11.6 Å². The monoisotopic (exact) mass is 263 g/mol. The molecule has 1 aromatic rings. The van der Waals surface area contributed by atoms with Crippen molar-refractivity contribution in [3.8, 4) is 0 Å². The second kappa shape index (κ2) is 4.86. The Bertz CT molecular complexity index is 419. The van der Waals surface area contributed by atoms with E-state index < -0.39 is 0 Å². The van der Waals surface area contributed by atoms with Gasteiger partial charge in [0.25, 0.3) is 0 Å². The molecule has 0 unspecified atom stereocenters. The molecule has 2 saturated carbocycles. The van der Waals surface area contributed by atoms with Crippen molar-refractivity contribution >= 4 is 11.6 Å². The first-order valence-corrected chi connectivity index (χ1v) is 7.59. The van der Waals surface area contributed by atoms with E-state index in [1.165, 1.54) is 37.7 Å². The SMILES string of the molecule is CCC1CC(CNC2CC2)(c2cccc(Cl)c2)C1. The lowest BCUT2D eigenvalue weighted by atomic mass is 9.58. The molecular weight excluding hydrogens is 242 g/mol. The van der Waals surface area contributed by atoms with Gasteiger partial charge in [0.15, 0.2) is 0 Å². The predicted molar refractivity (Wildman–Crippen MR) is 77.2 cm³/mol. The van der Waals surface area contributed by atoms with Gasteiger partial charge in [0, 0.05) is 23.0 Å². The van der Waals surface area contributed by atoms with Crippen molar-refractivity contribution in [2.24, 2.45) is 5.92 Å². The van der Waals surface area contributed by atoms with Crippen molar-refractivity contribution in [1.29, 1.82) is 0 Å². The smallest absolute Gasteiger partial charge is 0.0408 e. The first-order chi connectivity index (χ1) is 8.72. The standard InChI is InChI=1S/C16H22ClN/c1-2-12-9-16(10-12,11-18-15-6-7-15)13-4-3-5-14(17)8-13/h3-5,8,12,15,18H,2,6-7,9-11H2,1H3. The summed E-state index contributed by atoms with van der Waals surface area (Å²) in [7, 11) is 0. The number of halogens is 1. The van der Waals surface area contributed by atoms with Crippen molar-refractivity contribution in [1.82, 2.24) is 5.32 Å². The molecule has 0 spiro atoms. The van der Waals surface area contributed by atoms with Gasteiger partial charge in [-0.05, 0) is 49.3 Å². The molecule has 98 valence electrons. The van der Waals surface area contributed by atoms with Gasteiger partial charge in [-0.15, -0.1) is 0 Å². The Hall–Kier alpha value is -0.530. The van der Waals surface area contributed by atoms with E-state index >= 15 is 0 Å². The highest BCUT2D eigenvalue weighted by Crippen LogP contribution is 2.49. The fraction of sp³-hybridized carbons (Fsp3) is 0.625. The van der Waals surface area contributed by atoms with Crippen molar-refractivity contribution in [3.05, 3.63) is 34.9 Å². The molecule has 0 radical (unpaired) electrons. The summed E-state index contributed by atoms with van der Waals surface area (Å²) in [6.07, 6.45) is 6.69. The first kappa shape index (κ1) is 12.5. The van der Waals surface area contributed by atoms with Crippen LogP contribution in [-0.2, 0) is 5.41 Å². The average Bonchev–Trinajstić information content (AvgIpc) is 3.12. The Kier molecular flexibility index (Phi) is 3.38. The van der Waals surface area contributed by atoms with E-state index in [-0.39, 0.29) is 0 Å². The third kappa shape index (κ3) is 2.44. The van der Waals surface area contributed by atoms with Crippen molar-refractivity contribution < 1.29 is 0 Å². The molecule has 0 aliphatic heterocycles. The van der Waals surface area contributed by atoms with E-state index in [1.54, 1.807) is 0 Å². The summed E-state index contributed by atoms with van der Waals surface area (Å²) in [5.41, 5.74) is 1.79. The van der Waals surface area contributed by atoms with E-state index in [0.717, 1.165) is 23.5 Å². The van der Waals surface area contributed by atoms with Crippen LogP contribution >= 0.6 is 11.6 Å². The highest BCUT2D eigenvalue weighted by molar-refractivity contribution is 6.30. The number of hydrogen-bond donors (Lipinski definition) is 1. The second-order valence-corrected chi connectivity index (χ2v) is 6.56. The molecule has 2 fully saturated rings. The number of benzene rings is 1. The zero-order valence-corrected chi connectivity index (χ0v) is 11.8. The van der Waals surface area contributed by atoms with Gasteiger partial charge >= 0.3 is 0 Å². The fourth-order valence-corrected chi connectivity index (χ4v) is 3.45. The highest BCUT2D eigenvalue weighted by Gasteiger charge is 2.45. The molecule has 1 nitrogen and oxygen atoms in total. The molecule has 1 aromatic carbocycles. The van der Waals surface area contributed by atoms with Gasteiger partial charge in [0.05, 0.1) is 0 Å². The maximum Gasteiger partial charge on any atom is 0.0408 e. The molecule has 3 rings (SSSR count). The predicted octanol–water partition coefficient (Wildman–Crippen LogP) is 4.15. The third-order valence-electron chi connectivity index (χ3n) is 4.68. The highest BCUT2D eigenvalue weighted by atomic mass is 35.5. The second-order valence-electron chi connectivity index (χ2n) is 6.13. The van der Waals surface area contributed by atoms with Crippen LogP contribution in [0.25, 0.3) is 0 Å². The molecule has 0 atom stereocenters. The van der Waals surface area contributed by atoms with E-state index in [1.807, 2.05) is 6.07 Å². The molecular formula is C16H22ClN. The average molecular weight is 264 g/mol. The lowest BCUT2D eigenvalue weighted by molar-refractivity contribution is 0.133. The van der Waals surface area contributed by atoms with Gasteiger partial charge in [0.2, 0.25) is 0 Å². The van der Waals surface area contributed by atoms with Crippen molar-refractivity contribution in [3.63, 3.8) is 0 Å². The van der Waals surface area contributed by atoms with Crippen LogP contribution in [0.4, 0.5) is 0 Å². The molecule has 0 aromatic heterocycles. The van der Waals surface area contributed by atoms with Crippen LogP contribution in [-0.4, -0.2) is 12.6 Å². The minimum Gasteiger partial charge on any atom is -0.313 e. The van der Waals surface area contributed by atoms with Crippen LogP contribution in [0.2, 0.25) is 5.02 Å². The van der Waals surface area contributed by atoms with Crippen LogP contribution < -0.4 is 5.32 Å². The van der Waals surface area contributed by atoms with E-state index in [0.29, 0.717) is 5.41 Å². The minimum absolute atomic E-state index is 0.355. The fourth-order valence-electron chi connectivity index (χ4n) is 3.26. The Balaban J connectivity index is 1.76. The third-order valence-corrected chi connectivity index (χ3v) is 4.91. The zero-order chi connectivity index (χ0) is 12.6. The Morgan fingerprint density at radius 3 is 2.72 bits per heavy atom. The summed E-state index contributed by atoms with van der Waals surface area (Å²) in [6, 6.07) is 9.29. The van der Waals surface area contributed by atoms with Gasteiger partial charge in [-0.25, -0.2) is 0 Å². The quantitative estimate of drug-likeness (QED) is 0.842. The van der Waals surface area contributed by atoms with Crippen molar-refractivity contribution in [2.45, 2.75) is 50.5 Å².